The van der Waals surface area contributed by atoms with Crippen LogP contribution in [0, 0.1) is 29.0 Å². The van der Waals surface area contributed by atoms with E-state index < -0.39 is 35.5 Å². The van der Waals surface area contributed by atoms with Crippen LogP contribution in [-0.4, -0.2) is 69.5 Å². The number of amides is 2. The molecule has 1 N–H and O–H groups in total. The van der Waals surface area contributed by atoms with Crippen LogP contribution >= 0.6 is 0 Å². The number of carbonyl (C=O) groups excluding carboxylic acids is 3. The van der Waals surface area contributed by atoms with Gasteiger partial charge >= 0.3 is 6.09 Å². The van der Waals surface area contributed by atoms with Crippen molar-refractivity contribution in [2.45, 2.75) is 83.0 Å². The molecule has 0 unspecified atom stereocenters. The second-order valence-corrected chi connectivity index (χ2v) is 12.2. The van der Waals surface area contributed by atoms with Crippen LogP contribution < -0.4 is 5.32 Å². The molecule has 4 atom stereocenters. The zero-order valence-electron chi connectivity index (χ0n) is 23.6. The van der Waals surface area contributed by atoms with Crippen molar-refractivity contribution in [3.05, 3.63) is 42.0 Å². The summed E-state index contributed by atoms with van der Waals surface area (Å²) in [6, 6.07) is 4.91. The van der Waals surface area contributed by atoms with Crippen molar-refractivity contribution in [3.63, 3.8) is 0 Å². The van der Waals surface area contributed by atoms with E-state index in [0.717, 1.165) is 19.3 Å². The second kappa shape index (κ2) is 11.6. The molecule has 1 aromatic carbocycles. The van der Waals surface area contributed by atoms with Crippen molar-refractivity contribution in [1.29, 1.82) is 5.26 Å². The zero-order chi connectivity index (χ0) is 29.3. The molecule has 11 heteroatoms. The van der Waals surface area contributed by atoms with Crippen LogP contribution in [0.2, 0.25) is 0 Å². The highest BCUT2D eigenvalue weighted by Gasteiger charge is 2.52. The highest BCUT2D eigenvalue weighted by atomic mass is 19.1. The van der Waals surface area contributed by atoms with Gasteiger partial charge in [-0.05, 0) is 76.0 Å². The van der Waals surface area contributed by atoms with Crippen molar-refractivity contribution >= 4 is 17.9 Å². The monoisotopic (exact) mass is 565 g/mol. The average Bonchev–Trinajstić information content (AvgIpc) is 3.69. The zero-order valence-corrected chi connectivity index (χ0v) is 23.6. The molecular formula is C30H36FN5O5. The number of ether oxygens (including phenoxy) is 2. The molecule has 2 saturated heterocycles. The Labute approximate surface area is 238 Å². The van der Waals surface area contributed by atoms with Gasteiger partial charge in [0.2, 0.25) is 11.8 Å². The van der Waals surface area contributed by atoms with Crippen molar-refractivity contribution < 1.29 is 28.2 Å². The first-order chi connectivity index (χ1) is 19.5. The molecule has 0 radical (unpaired) electrons. The number of halogens is 1. The number of benzene rings is 1. The molecule has 1 aliphatic carbocycles. The third-order valence-corrected chi connectivity index (χ3v) is 8.12. The third-order valence-electron chi connectivity index (χ3n) is 8.12. The molecule has 3 fully saturated rings. The van der Waals surface area contributed by atoms with E-state index in [4.69, 9.17) is 9.47 Å². The molecular weight excluding hydrogens is 529 g/mol. The molecule has 41 heavy (non-hydrogen) atoms. The molecule has 1 aromatic heterocycles. The van der Waals surface area contributed by atoms with Gasteiger partial charge in [-0.15, -0.1) is 0 Å². The topological polar surface area (TPSA) is 127 Å². The summed E-state index contributed by atoms with van der Waals surface area (Å²) in [7, 11) is 0. The summed E-state index contributed by atoms with van der Waals surface area (Å²) in [6.07, 6.45) is 6.21. The molecule has 3 heterocycles. The lowest BCUT2D eigenvalue weighted by atomic mass is 9.97. The predicted octanol–water partition coefficient (Wildman–Crippen LogP) is 4.09. The number of likely N-dealkylation sites (tertiary alicyclic amines) is 1. The minimum atomic E-state index is -0.984. The average molecular weight is 566 g/mol. The van der Waals surface area contributed by atoms with Crippen LogP contribution in [-0.2, 0) is 20.7 Å². The first kappa shape index (κ1) is 28.7. The van der Waals surface area contributed by atoms with E-state index in [9.17, 15) is 19.6 Å². The summed E-state index contributed by atoms with van der Waals surface area (Å²) >= 11 is 0. The maximum atomic E-state index is 15.2. The summed E-state index contributed by atoms with van der Waals surface area (Å²) < 4.78 is 27.3. The number of nitrogens with one attached hydrogen (secondary N) is 1. The minimum absolute atomic E-state index is 0.00197. The number of hydrogen-bond donors (Lipinski definition) is 1. The third kappa shape index (κ3) is 6.27. The van der Waals surface area contributed by atoms with Crippen LogP contribution in [0.4, 0.5) is 9.18 Å². The fourth-order valence-electron chi connectivity index (χ4n) is 6.13. The number of nitriles is 1. The molecule has 2 aliphatic heterocycles. The normalized spacial score (nSPS) is 23.2. The van der Waals surface area contributed by atoms with Gasteiger partial charge < -0.3 is 14.8 Å². The lowest BCUT2D eigenvalue weighted by Crippen LogP contribution is -2.55. The van der Waals surface area contributed by atoms with E-state index in [1.165, 1.54) is 21.8 Å². The van der Waals surface area contributed by atoms with Crippen molar-refractivity contribution in [2.75, 3.05) is 13.2 Å². The number of rotatable bonds is 6. The van der Waals surface area contributed by atoms with Gasteiger partial charge in [0.15, 0.2) is 0 Å². The first-order valence-corrected chi connectivity index (χ1v) is 14.2. The fraction of sp³-hybridized carbons (Fsp3) is 0.567. The summed E-state index contributed by atoms with van der Waals surface area (Å²) in [5.74, 6) is -1.21. The van der Waals surface area contributed by atoms with Crippen LogP contribution in [0.3, 0.4) is 0 Å². The maximum absolute atomic E-state index is 15.2. The molecule has 10 nitrogen and oxygen atoms in total. The Balaban J connectivity index is 1.24. The standard InChI is InChI=1S/C30H36FN5O5/c1-30(2,3)41-29(39)36-24-7-6-21(13-24)26(36)27(37)34-23(15-32)12-20-5-4-19(14-25(20)31)22-16-33-35(17-22)28(38)18-8-10-40-11-9-18/h4-5,14,16-18,21,23-24,26H,6-13H2,1-3H3,(H,34,37)/t21-,23-,24+,26-/m0/s1. The summed E-state index contributed by atoms with van der Waals surface area (Å²) in [5.41, 5.74) is 0.713. The Morgan fingerprint density at radius 2 is 1.95 bits per heavy atom. The number of aromatic nitrogens is 2. The highest BCUT2D eigenvalue weighted by Crippen LogP contribution is 2.43. The molecule has 3 aliphatic rings. The van der Waals surface area contributed by atoms with E-state index in [-0.39, 0.29) is 35.8 Å². The molecule has 2 amide bonds. The van der Waals surface area contributed by atoms with E-state index in [1.54, 1.807) is 39.1 Å². The maximum Gasteiger partial charge on any atom is 0.411 e. The van der Waals surface area contributed by atoms with Gasteiger partial charge in [0.05, 0.1) is 12.3 Å². The highest BCUT2D eigenvalue weighted by molar-refractivity contribution is 5.87. The summed E-state index contributed by atoms with van der Waals surface area (Å²) in [5, 5.41) is 16.7. The Hall–Kier alpha value is -3.78. The number of fused-ring (bicyclic) bond motifs is 2. The lowest BCUT2D eigenvalue weighted by Gasteiger charge is -2.35. The smallest absolute Gasteiger partial charge is 0.411 e. The fourth-order valence-corrected chi connectivity index (χ4v) is 6.13. The van der Waals surface area contributed by atoms with Gasteiger partial charge in [0.25, 0.3) is 0 Å². The quantitative estimate of drug-likeness (QED) is 0.559. The van der Waals surface area contributed by atoms with E-state index in [0.29, 0.717) is 37.2 Å². The molecule has 2 aromatic rings. The Morgan fingerprint density at radius 1 is 1.20 bits per heavy atom. The summed E-state index contributed by atoms with van der Waals surface area (Å²) in [6.45, 7) is 6.42. The van der Waals surface area contributed by atoms with Gasteiger partial charge in [-0.2, -0.15) is 10.4 Å². The SMILES string of the molecule is CC(C)(C)OC(=O)N1[C@@H]2CC[C@@H](C2)[C@H]1C(=O)N[C@H](C#N)Cc1ccc(-c2cnn(C(=O)C3CCOCC3)c2)cc1F. The van der Waals surface area contributed by atoms with Crippen LogP contribution in [0.5, 0.6) is 0 Å². The predicted molar refractivity (Wildman–Crippen MR) is 146 cm³/mol. The van der Waals surface area contributed by atoms with Gasteiger partial charge in [-0.3, -0.25) is 14.5 Å². The first-order valence-electron chi connectivity index (χ1n) is 14.2. The Morgan fingerprint density at radius 3 is 2.63 bits per heavy atom. The Kier molecular flexibility index (Phi) is 8.13. The van der Waals surface area contributed by atoms with Gasteiger partial charge in [0.1, 0.15) is 23.5 Å². The van der Waals surface area contributed by atoms with Gasteiger partial charge in [-0.25, -0.2) is 13.9 Å². The molecule has 0 spiro atoms. The molecule has 1 saturated carbocycles. The number of hydrogen-bond acceptors (Lipinski definition) is 7. The number of nitrogens with zero attached hydrogens (tertiary/aromatic N) is 4. The van der Waals surface area contributed by atoms with Crippen LogP contribution in [0.15, 0.2) is 30.6 Å². The van der Waals surface area contributed by atoms with Gasteiger partial charge in [-0.1, -0.05) is 12.1 Å². The second-order valence-electron chi connectivity index (χ2n) is 12.2. The molecule has 5 rings (SSSR count). The van der Waals surface area contributed by atoms with Crippen molar-refractivity contribution in [2.24, 2.45) is 11.8 Å². The van der Waals surface area contributed by atoms with Crippen molar-refractivity contribution in [3.8, 4) is 17.2 Å². The Bertz CT molecular complexity index is 1360. The largest absolute Gasteiger partial charge is 0.444 e. The molecule has 218 valence electrons. The van der Waals surface area contributed by atoms with Crippen molar-refractivity contribution in [1.82, 2.24) is 20.0 Å². The van der Waals surface area contributed by atoms with E-state index in [2.05, 4.69) is 16.5 Å². The summed E-state index contributed by atoms with van der Waals surface area (Å²) in [4.78, 5) is 40.5. The van der Waals surface area contributed by atoms with E-state index in [1.807, 2.05) is 0 Å². The van der Waals surface area contributed by atoms with E-state index >= 15 is 4.39 Å². The minimum Gasteiger partial charge on any atom is -0.444 e. The van der Waals surface area contributed by atoms with Crippen LogP contribution in [0.1, 0.15) is 63.2 Å². The lowest BCUT2D eigenvalue weighted by molar-refractivity contribution is -0.128. The van der Waals surface area contributed by atoms with Gasteiger partial charge in [0, 0.05) is 43.4 Å². The number of piperidine rings is 1. The number of carbonyl (C=O) groups is 3. The van der Waals surface area contributed by atoms with Crippen LogP contribution in [0.25, 0.3) is 11.1 Å². The molecule has 2 bridgehead atoms.